The van der Waals surface area contributed by atoms with E-state index in [1.54, 1.807) is 23.1 Å². The Morgan fingerprint density at radius 3 is 2.88 bits per heavy atom. The number of thioether (sulfide) groups is 1. The fourth-order valence-electron chi connectivity index (χ4n) is 3.49. The van der Waals surface area contributed by atoms with Gasteiger partial charge in [-0.2, -0.15) is 0 Å². The van der Waals surface area contributed by atoms with Gasteiger partial charge in [0.2, 0.25) is 0 Å². The Labute approximate surface area is 161 Å². The molecule has 3 aromatic heterocycles. The average Bonchev–Trinajstić information content (AvgIpc) is 3.39. The molecule has 4 N–H and O–H groups in total. The molecule has 9 heteroatoms. The van der Waals surface area contributed by atoms with Crippen molar-refractivity contribution in [1.29, 1.82) is 0 Å². The summed E-state index contributed by atoms with van der Waals surface area (Å²) in [6.07, 6.45) is 0. The first-order valence-electron chi connectivity index (χ1n) is 8.13. The predicted molar refractivity (Wildman–Crippen MR) is 110 cm³/mol. The molecular formula is C17H15N5OS3. The van der Waals surface area contributed by atoms with Crippen LogP contribution in [0.1, 0.15) is 20.9 Å². The van der Waals surface area contributed by atoms with Crippen LogP contribution in [-0.4, -0.2) is 33.3 Å². The molecule has 5 rings (SSSR count). The largest absolute Gasteiger partial charge is 0.397 e. The van der Waals surface area contributed by atoms with Crippen LogP contribution in [0.2, 0.25) is 0 Å². The number of anilines is 1. The number of amides is 1. The zero-order valence-electron chi connectivity index (χ0n) is 13.7. The van der Waals surface area contributed by atoms with Gasteiger partial charge in [0.1, 0.15) is 9.71 Å². The summed E-state index contributed by atoms with van der Waals surface area (Å²) in [5.41, 5.74) is 15.6. The molecule has 0 unspecified atom stereocenters. The molecule has 2 aliphatic rings. The lowest BCUT2D eigenvalue weighted by atomic mass is 10.0. The number of carbonyl (C=O) groups is 1. The van der Waals surface area contributed by atoms with Crippen LogP contribution in [-0.2, 0) is 13.1 Å². The first-order valence-corrected chi connectivity index (χ1v) is 10.8. The topological polar surface area (TPSA) is 97.6 Å². The highest BCUT2D eigenvalue weighted by Gasteiger charge is 2.31. The number of carbonyl (C=O) groups excluding carboxylic acids is 1. The molecule has 2 aliphatic heterocycles. The number of nitrogens with zero attached hydrogens (tertiary/aromatic N) is 3. The lowest BCUT2D eigenvalue weighted by Gasteiger charge is -2.15. The number of rotatable bonds is 2. The molecule has 1 amide bonds. The van der Waals surface area contributed by atoms with Crippen molar-refractivity contribution in [3.05, 3.63) is 33.6 Å². The van der Waals surface area contributed by atoms with Gasteiger partial charge in [-0.1, -0.05) is 17.8 Å². The summed E-state index contributed by atoms with van der Waals surface area (Å²) < 4.78 is 0. The van der Waals surface area contributed by atoms with Gasteiger partial charge >= 0.3 is 0 Å². The zero-order chi connectivity index (χ0) is 17.8. The van der Waals surface area contributed by atoms with Crippen LogP contribution in [0, 0.1) is 0 Å². The minimum Gasteiger partial charge on any atom is -0.397 e. The maximum atomic E-state index is 11.8. The lowest BCUT2D eigenvalue weighted by Crippen LogP contribution is -2.21. The highest BCUT2D eigenvalue weighted by Crippen LogP contribution is 2.45. The minimum absolute atomic E-state index is 0.390. The smallest absolute Gasteiger partial charge is 0.260 e. The molecule has 0 bridgehead atoms. The number of fused-ring (bicyclic) bond motifs is 2. The van der Waals surface area contributed by atoms with Crippen LogP contribution in [0.4, 0.5) is 5.69 Å². The average molecular weight is 402 g/mol. The molecule has 0 aromatic carbocycles. The first-order chi connectivity index (χ1) is 12.6. The van der Waals surface area contributed by atoms with E-state index >= 15 is 0 Å². The van der Waals surface area contributed by atoms with Crippen molar-refractivity contribution < 1.29 is 4.79 Å². The summed E-state index contributed by atoms with van der Waals surface area (Å²) in [6.45, 7) is 2.37. The van der Waals surface area contributed by atoms with E-state index in [2.05, 4.69) is 21.3 Å². The summed E-state index contributed by atoms with van der Waals surface area (Å²) in [4.78, 5) is 25.8. The summed E-state index contributed by atoms with van der Waals surface area (Å²) in [6, 6.07) is 4.12. The van der Waals surface area contributed by atoms with Crippen LogP contribution in [0.25, 0.3) is 20.7 Å². The fourth-order valence-corrected chi connectivity index (χ4v) is 6.13. The third kappa shape index (κ3) is 2.34. The fraction of sp³-hybridized carbons (Fsp3) is 0.235. The SMILES string of the molecule is NC(=O)c1sc2nc3c(c(-c4cccs4)c2c1N)CN(C1=NCCS1)C3. The summed E-state index contributed by atoms with van der Waals surface area (Å²) >= 11 is 4.75. The molecule has 132 valence electrons. The molecule has 0 fully saturated rings. The minimum atomic E-state index is -0.499. The summed E-state index contributed by atoms with van der Waals surface area (Å²) in [7, 11) is 0. The Balaban J connectivity index is 1.75. The Bertz CT molecular complexity index is 1070. The van der Waals surface area contributed by atoms with Gasteiger partial charge in [0, 0.05) is 33.7 Å². The number of aromatic nitrogens is 1. The van der Waals surface area contributed by atoms with Crippen LogP contribution < -0.4 is 11.5 Å². The standard InChI is InChI=1S/C17H15N5OS3/c18-13-12-11(10-2-1-4-24-10)8-6-22(17-20-3-5-25-17)7-9(8)21-16(12)26-14(13)15(19)23/h1-2,4H,3,5-7,18H2,(H2,19,23). The van der Waals surface area contributed by atoms with Crippen molar-refractivity contribution in [2.24, 2.45) is 10.7 Å². The van der Waals surface area contributed by atoms with Crippen LogP contribution in [0.5, 0.6) is 0 Å². The van der Waals surface area contributed by atoms with Crippen LogP contribution >= 0.6 is 34.4 Å². The van der Waals surface area contributed by atoms with Gasteiger partial charge in [-0.25, -0.2) is 4.98 Å². The van der Waals surface area contributed by atoms with E-state index in [-0.39, 0.29) is 0 Å². The maximum absolute atomic E-state index is 11.8. The number of hydrogen-bond acceptors (Lipinski definition) is 8. The lowest BCUT2D eigenvalue weighted by molar-refractivity contribution is 0.100. The van der Waals surface area contributed by atoms with Crippen molar-refractivity contribution in [3.8, 4) is 10.4 Å². The molecule has 0 saturated carbocycles. The van der Waals surface area contributed by atoms with E-state index in [1.165, 1.54) is 16.9 Å². The number of hydrogen-bond donors (Lipinski definition) is 2. The molecule has 0 saturated heterocycles. The number of thiophene rings is 2. The van der Waals surface area contributed by atoms with Gasteiger partial charge in [0.05, 0.1) is 24.5 Å². The van der Waals surface area contributed by atoms with E-state index in [1.807, 2.05) is 6.07 Å². The number of pyridine rings is 1. The molecular weight excluding hydrogens is 386 g/mol. The quantitative estimate of drug-likeness (QED) is 0.687. The van der Waals surface area contributed by atoms with E-state index in [0.29, 0.717) is 10.6 Å². The van der Waals surface area contributed by atoms with E-state index in [0.717, 1.165) is 56.9 Å². The Morgan fingerprint density at radius 1 is 1.31 bits per heavy atom. The van der Waals surface area contributed by atoms with Crippen molar-refractivity contribution in [2.45, 2.75) is 13.1 Å². The third-order valence-electron chi connectivity index (χ3n) is 4.58. The maximum Gasteiger partial charge on any atom is 0.260 e. The number of nitrogens with two attached hydrogens (primary N) is 2. The molecule has 26 heavy (non-hydrogen) atoms. The monoisotopic (exact) mass is 401 g/mol. The van der Waals surface area contributed by atoms with Gasteiger partial charge in [0.25, 0.3) is 5.91 Å². The third-order valence-corrected chi connectivity index (χ3v) is 7.62. The predicted octanol–water partition coefficient (Wildman–Crippen LogP) is 3.12. The van der Waals surface area contributed by atoms with E-state index in [9.17, 15) is 4.79 Å². The molecule has 0 spiro atoms. The van der Waals surface area contributed by atoms with Crippen LogP contribution in [0.15, 0.2) is 22.5 Å². The van der Waals surface area contributed by atoms with Crippen molar-refractivity contribution >= 4 is 61.4 Å². The molecule has 5 heterocycles. The van der Waals surface area contributed by atoms with Crippen LogP contribution in [0.3, 0.4) is 0 Å². The highest BCUT2D eigenvalue weighted by molar-refractivity contribution is 8.14. The highest BCUT2D eigenvalue weighted by atomic mass is 32.2. The second kappa shape index (κ2) is 5.97. The molecule has 0 aliphatic carbocycles. The molecule has 0 atom stereocenters. The number of nitrogen functional groups attached to an aromatic ring is 1. The normalized spacial score (nSPS) is 16.3. The number of aliphatic imine (C=N–C) groups is 1. The summed E-state index contributed by atoms with van der Waals surface area (Å²) in [5.74, 6) is 0.540. The molecule has 3 aromatic rings. The van der Waals surface area contributed by atoms with Gasteiger partial charge in [0.15, 0.2) is 5.17 Å². The number of amidine groups is 1. The molecule has 0 radical (unpaired) electrons. The number of primary amides is 1. The zero-order valence-corrected chi connectivity index (χ0v) is 16.1. The van der Waals surface area contributed by atoms with Gasteiger partial charge < -0.3 is 16.4 Å². The van der Waals surface area contributed by atoms with Gasteiger partial charge in [-0.05, 0) is 11.4 Å². The van der Waals surface area contributed by atoms with E-state index in [4.69, 9.17) is 16.5 Å². The Kier molecular flexibility index (Phi) is 3.70. The first kappa shape index (κ1) is 16.1. The Morgan fingerprint density at radius 2 is 2.19 bits per heavy atom. The second-order valence-corrected chi connectivity index (χ2v) is 9.16. The van der Waals surface area contributed by atoms with Crippen molar-refractivity contribution in [2.75, 3.05) is 18.0 Å². The second-order valence-electron chi connectivity index (χ2n) is 6.15. The van der Waals surface area contributed by atoms with Crippen molar-refractivity contribution in [1.82, 2.24) is 9.88 Å². The van der Waals surface area contributed by atoms with Gasteiger partial charge in [-0.3, -0.25) is 9.79 Å². The van der Waals surface area contributed by atoms with E-state index < -0.39 is 5.91 Å². The van der Waals surface area contributed by atoms with Crippen molar-refractivity contribution in [3.63, 3.8) is 0 Å². The Hall–Kier alpha value is -2.10. The van der Waals surface area contributed by atoms with Gasteiger partial charge in [-0.15, -0.1) is 22.7 Å². The molecule has 6 nitrogen and oxygen atoms in total. The summed E-state index contributed by atoms with van der Waals surface area (Å²) in [5, 5.41) is 4.00.